The first-order chi connectivity index (χ1) is 15.1. The van der Waals surface area contributed by atoms with Crippen molar-refractivity contribution in [2.45, 2.75) is 19.4 Å². The number of aromatic nitrogens is 4. The fraction of sp³-hybridized carbons (Fsp3) is 0.238. The van der Waals surface area contributed by atoms with Gasteiger partial charge in [0.25, 0.3) is 5.91 Å². The number of pyridine rings is 1. The van der Waals surface area contributed by atoms with Crippen LogP contribution in [0.5, 0.6) is 0 Å². The first-order valence-electron chi connectivity index (χ1n) is 9.76. The predicted octanol–water partition coefficient (Wildman–Crippen LogP) is 3.04. The van der Waals surface area contributed by atoms with Gasteiger partial charge in [0.05, 0.1) is 22.8 Å². The molecule has 0 unspecified atom stereocenters. The largest absolute Gasteiger partial charge is 0.448 e. The number of amides is 1. The van der Waals surface area contributed by atoms with Gasteiger partial charge in [0.2, 0.25) is 0 Å². The predicted molar refractivity (Wildman–Crippen MR) is 113 cm³/mol. The highest BCUT2D eigenvalue weighted by Gasteiger charge is 2.13. The maximum absolute atomic E-state index is 13.6. The lowest BCUT2D eigenvalue weighted by Gasteiger charge is -2.03. The number of carbonyl (C=O) groups excluding carboxylic acids is 1. The van der Waals surface area contributed by atoms with Gasteiger partial charge in [-0.2, -0.15) is 0 Å². The second kappa shape index (κ2) is 9.67. The molecule has 10 heteroatoms. The van der Waals surface area contributed by atoms with Crippen molar-refractivity contribution < 1.29 is 13.6 Å². The van der Waals surface area contributed by atoms with Crippen molar-refractivity contribution >= 4 is 28.5 Å². The molecule has 4 rings (SSSR count). The molecule has 0 fully saturated rings. The summed E-state index contributed by atoms with van der Waals surface area (Å²) in [6, 6.07) is 8.42. The first-order valence-corrected chi connectivity index (χ1v) is 10.1. The van der Waals surface area contributed by atoms with Crippen LogP contribution in [-0.4, -0.2) is 38.9 Å². The van der Waals surface area contributed by atoms with Gasteiger partial charge in [-0.3, -0.25) is 9.78 Å². The van der Waals surface area contributed by atoms with Gasteiger partial charge < -0.3 is 20.0 Å². The molecule has 0 atom stereocenters. The second-order valence-electron chi connectivity index (χ2n) is 6.81. The van der Waals surface area contributed by atoms with Gasteiger partial charge in [-0.25, -0.2) is 14.4 Å². The number of oxazole rings is 1. The molecule has 3 N–H and O–H groups in total. The number of hydrogen-bond acceptors (Lipinski definition) is 6. The van der Waals surface area contributed by atoms with Crippen molar-refractivity contribution in [3.05, 3.63) is 76.7 Å². The third-order valence-corrected chi connectivity index (χ3v) is 4.91. The fourth-order valence-electron chi connectivity index (χ4n) is 3.03. The molecule has 0 saturated carbocycles. The molecule has 4 aromatic rings. The van der Waals surface area contributed by atoms with Crippen LogP contribution in [0.15, 0.2) is 47.2 Å². The van der Waals surface area contributed by atoms with E-state index in [4.69, 9.17) is 16.0 Å². The van der Waals surface area contributed by atoms with Crippen molar-refractivity contribution in [1.82, 2.24) is 30.6 Å². The maximum Gasteiger partial charge on any atom is 0.273 e. The summed E-state index contributed by atoms with van der Waals surface area (Å²) in [5.74, 6) is 0.379. The number of H-pyrrole nitrogens is 1. The number of imidazole rings is 1. The quantitative estimate of drug-likeness (QED) is 0.344. The lowest BCUT2D eigenvalue weighted by atomic mass is 10.3. The van der Waals surface area contributed by atoms with Crippen molar-refractivity contribution in [1.29, 1.82) is 0 Å². The van der Waals surface area contributed by atoms with Crippen molar-refractivity contribution in [2.24, 2.45) is 0 Å². The third-order valence-electron chi connectivity index (χ3n) is 4.60. The molecule has 0 saturated heterocycles. The van der Waals surface area contributed by atoms with E-state index in [0.717, 1.165) is 16.9 Å². The van der Waals surface area contributed by atoms with Gasteiger partial charge in [0.1, 0.15) is 23.4 Å². The minimum Gasteiger partial charge on any atom is -0.448 e. The number of aromatic amines is 1. The van der Waals surface area contributed by atoms with E-state index < -0.39 is 11.7 Å². The number of rotatable bonds is 9. The molecular weight excluding hydrogens is 423 g/mol. The molecule has 0 aliphatic heterocycles. The highest BCUT2D eigenvalue weighted by Crippen LogP contribution is 2.20. The molecular formula is C21H20ClFN6O2. The first kappa shape index (κ1) is 21.0. The molecule has 1 aromatic carbocycles. The zero-order valence-electron chi connectivity index (χ0n) is 16.5. The summed E-state index contributed by atoms with van der Waals surface area (Å²) < 4.78 is 18.9. The van der Waals surface area contributed by atoms with Crippen molar-refractivity contribution in [3.8, 4) is 0 Å². The summed E-state index contributed by atoms with van der Waals surface area (Å²) >= 11 is 6.14. The third kappa shape index (κ3) is 5.25. The average molecular weight is 443 g/mol. The number of nitrogens with zero attached hydrogens (tertiary/aromatic N) is 3. The van der Waals surface area contributed by atoms with E-state index in [0.29, 0.717) is 36.8 Å². The van der Waals surface area contributed by atoms with Crippen LogP contribution in [-0.2, 0) is 19.4 Å². The van der Waals surface area contributed by atoms with Crippen molar-refractivity contribution in [2.75, 3.05) is 13.1 Å². The summed E-state index contributed by atoms with van der Waals surface area (Å²) in [4.78, 5) is 28.0. The summed E-state index contributed by atoms with van der Waals surface area (Å²) in [6.45, 7) is 1.31. The van der Waals surface area contributed by atoms with E-state index in [-0.39, 0.29) is 17.9 Å². The van der Waals surface area contributed by atoms with Crippen molar-refractivity contribution in [3.63, 3.8) is 0 Å². The van der Waals surface area contributed by atoms with Crippen LogP contribution in [0.25, 0.3) is 11.0 Å². The SMILES string of the molecule is O=C(NCc1ncccc1F)c1coc(CCNCCc2nc3c(Cl)cccc3[nH]2)n1. The van der Waals surface area contributed by atoms with Crippen LogP contribution in [0.4, 0.5) is 4.39 Å². The van der Waals surface area contributed by atoms with Gasteiger partial charge in [0, 0.05) is 32.1 Å². The Kier molecular flexibility index (Phi) is 6.54. The van der Waals surface area contributed by atoms with Crippen LogP contribution in [0.2, 0.25) is 5.02 Å². The fourth-order valence-corrected chi connectivity index (χ4v) is 3.24. The summed E-state index contributed by atoms with van der Waals surface area (Å²) in [6.07, 6.45) is 4.00. The van der Waals surface area contributed by atoms with Crippen LogP contribution >= 0.6 is 11.6 Å². The molecule has 8 nitrogen and oxygen atoms in total. The Balaban J connectivity index is 1.19. The van der Waals surface area contributed by atoms with Crippen LogP contribution < -0.4 is 10.6 Å². The highest BCUT2D eigenvalue weighted by molar-refractivity contribution is 6.34. The number of carbonyl (C=O) groups is 1. The van der Waals surface area contributed by atoms with E-state index in [9.17, 15) is 9.18 Å². The molecule has 3 heterocycles. The Bertz CT molecular complexity index is 1190. The summed E-state index contributed by atoms with van der Waals surface area (Å²) in [5.41, 5.74) is 2.00. The number of fused-ring (bicyclic) bond motifs is 1. The Labute approximate surface area is 182 Å². The average Bonchev–Trinajstić information content (AvgIpc) is 3.40. The van der Waals surface area contributed by atoms with Gasteiger partial charge in [0.15, 0.2) is 11.6 Å². The number of nitrogens with one attached hydrogen (secondary N) is 3. The lowest BCUT2D eigenvalue weighted by molar-refractivity contribution is 0.0945. The summed E-state index contributed by atoms with van der Waals surface area (Å²) in [5, 5.41) is 6.50. The maximum atomic E-state index is 13.6. The number of hydrogen-bond donors (Lipinski definition) is 3. The molecule has 0 spiro atoms. The molecule has 0 bridgehead atoms. The topological polar surface area (TPSA) is 109 Å². The highest BCUT2D eigenvalue weighted by atomic mass is 35.5. The van der Waals surface area contributed by atoms with E-state index in [1.54, 1.807) is 0 Å². The molecule has 31 heavy (non-hydrogen) atoms. The normalized spacial score (nSPS) is 11.2. The Morgan fingerprint density at radius 3 is 2.87 bits per heavy atom. The van der Waals surface area contributed by atoms with Gasteiger partial charge in [-0.05, 0) is 24.3 Å². The van der Waals surface area contributed by atoms with Gasteiger partial charge in [-0.15, -0.1) is 0 Å². The number of para-hydroxylation sites is 1. The van der Waals surface area contributed by atoms with E-state index in [2.05, 4.69) is 30.6 Å². The second-order valence-corrected chi connectivity index (χ2v) is 7.22. The molecule has 0 radical (unpaired) electrons. The van der Waals surface area contributed by atoms with E-state index in [1.807, 2.05) is 18.2 Å². The van der Waals surface area contributed by atoms with E-state index in [1.165, 1.54) is 24.6 Å². The zero-order chi connectivity index (χ0) is 21.6. The molecule has 160 valence electrons. The van der Waals surface area contributed by atoms with Crippen LogP contribution in [0.1, 0.15) is 27.9 Å². The molecule has 1 amide bonds. The molecule has 0 aliphatic carbocycles. The smallest absolute Gasteiger partial charge is 0.273 e. The standard InChI is InChI=1S/C21H20ClFN6O2/c22-13-3-1-5-15-20(13)29-18(27-15)6-9-24-10-7-19-28-17(12-31-19)21(30)26-11-16-14(23)4-2-8-25-16/h1-5,8,12,24H,6-7,9-11H2,(H,26,30)(H,27,29). The number of benzene rings is 1. The lowest BCUT2D eigenvalue weighted by Crippen LogP contribution is -2.24. The van der Waals surface area contributed by atoms with Gasteiger partial charge >= 0.3 is 0 Å². The summed E-state index contributed by atoms with van der Waals surface area (Å²) in [7, 11) is 0. The van der Waals surface area contributed by atoms with E-state index >= 15 is 0 Å². The monoisotopic (exact) mass is 442 g/mol. The Hall–Kier alpha value is -3.30. The molecule has 0 aliphatic rings. The van der Waals surface area contributed by atoms with Crippen LogP contribution in [0.3, 0.4) is 0 Å². The minimum atomic E-state index is -0.472. The van der Waals surface area contributed by atoms with Crippen LogP contribution in [0, 0.1) is 5.82 Å². The Morgan fingerprint density at radius 2 is 2.03 bits per heavy atom. The number of halogens is 2. The Morgan fingerprint density at radius 1 is 1.16 bits per heavy atom. The zero-order valence-corrected chi connectivity index (χ0v) is 17.2. The minimum absolute atomic E-state index is 0.0255. The molecule has 3 aromatic heterocycles. The van der Waals surface area contributed by atoms with Gasteiger partial charge in [-0.1, -0.05) is 17.7 Å².